The van der Waals surface area contributed by atoms with Crippen molar-refractivity contribution in [1.29, 1.82) is 0 Å². The summed E-state index contributed by atoms with van der Waals surface area (Å²) in [5, 5.41) is 0. The molecule has 16 heavy (non-hydrogen) atoms. The van der Waals surface area contributed by atoms with Crippen LogP contribution in [-0.4, -0.2) is 11.1 Å². The van der Waals surface area contributed by atoms with Crippen molar-refractivity contribution in [1.82, 2.24) is 4.98 Å². The maximum Gasteiger partial charge on any atom is 0.255 e. The number of hydrogen-bond acceptors (Lipinski definition) is 2. The lowest BCUT2D eigenvalue weighted by molar-refractivity contribution is 0.182. The molecule has 0 saturated heterocycles. The average molecular weight is 235 g/mol. The van der Waals surface area contributed by atoms with E-state index >= 15 is 0 Å². The lowest BCUT2D eigenvalue weighted by atomic mass is 10.3. The molecule has 1 aromatic heterocycles. The highest BCUT2D eigenvalue weighted by Gasteiger charge is 2.26. The lowest BCUT2D eigenvalue weighted by Crippen LogP contribution is -2.15. The molecule has 1 aromatic rings. The Balaban J connectivity index is 2.31. The first kappa shape index (κ1) is 11.2. The standard InChI is InChI=1S/C10H9F4NO/c11-6-8(16-5-3-1-2-4-5)7(12)10(14)15-9(6)13/h5H,1-4H2. The van der Waals surface area contributed by atoms with E-state index in [9.17, 15) is 17.6 Å². The van der Waals surface area contributed by atoms with Gasteiger partial charge >= 0.3 is 0 Å². The van der Waals surface area contributed by atoms with Crippen molar-refractivity contribution in [2.75, 3.05) is 0 Å². The molecule has 88 valence electrons. The summed E-state index contributed by atoms with van der Waals surface area (Å²) in [4.78, 5) is 2.44. The summed E-state index contributed by atoms with van der Waals surface area (Å²) in [7, 11) is 0. The molecule has 0 N–H and O–H groups in total. The van der Waals surface area contributed by atoms with E-state index in [0.29, 0.717) is 12.8 Å². The van der Waals surface area contributed by atoms with E-state index in [1.54, 1.807) is 0 Å². The SMILES string of the molecule is Fc1nc(F)c(F)c(OC2CCCC2)c1F. The average Bonchev–Trinajstić information content (AvgIpc) is 2.74. The van der Waals surface area contributed by atoms with E-state index < -0.39 is 29.3 Å². The Hall–Kier alpha value is -1.33. The van der Waals surface area contributed by atoms with Gasteiger partial charge in [-0.15, -0.1) is 0 Å². The largest absolute Gasteiger partial charge is 0.484 e. The van der Waals surface area contributed by atoms with Crippen LogP contribution in [0.1, 0.15) is 25.7 Å². The van der Waals surface area contributed by atoms with Gasteiger partial charge in [0.15, 0.2) is 0 Å². The molecule has 0 atom stereocenters. The Morgan fingerprint density at radius 2 is 1.44 bits per heavy atom. The van der Waals surface area contributed by atoms with Crippen LogP contribution in [-0.2, 0) is 0 Å². The molecule has 0 unspecified atom stereocenters. The van der Waals surface area contributed by atoms with Crippen LogP contribution in [0, 0.1) is 23.5 Å². The maximum absolute atomic E-state index is 13.1. The molecule has 1 fully saturated rings. The van der Waals surface area contributed by atoms with Crippen molar-refractivity contribution in [2.45, 2.75) is 31.8 Å². The number of ether oxygens (including phenoxy) is 1. The summed E-state index contributed by atoms with van der Waals surface area (Å²) in [6.45, 7) is 0. The van der Waals surface area contributed by atoms with Gasteiger partial charge in [-0.1, -0.05) is 0 Å². The van der Waals surface area contributed by atoms with Crippen molar-refractivity contribution >= 4 is 0 Å². The van der Waals surface area contributed by atoms with Crippen molar-refractivity contribution in [3.05, 3.63) is 23.5 Å². The third-order valence-corrected chi connectivity index (χ3v) is 2.54. The highest BCUT2D eigenvalue weighted by Crippen LogP contribution is 2.29. The normalized spacial score (nSPS) is 16.8. The first-order chi connectivity index (χ1) is 7.59. The molecular weight excluding hydrogens is 226 g/mol. The second kappa shape index (κ2) is 4.27. The first-order valence-electron chi connectivity index (χ1n) is 4.96. The van der Waals surface area contributed by atoms with Gasteiger partial charge in [-0.2, -0.15) is 22.5 Å². The van der Waals surface area contributed by atoms with Crippen molar-refractivity contribution < 1.29 is 22.3 Å². The molecule has 0 spiro atoms. The van der Waals surface area contributed by atoms with E-state index in [2.05, 4.69) is 4.98 Å². The molecule has 1 aliphatic carbocycles. The highest BCUT2D eigenvalue weighted by molar-refractivity contribution is 5.24. The molecule has 1 aliphatic rings. The molecule has 0 radical (unpaired) electrons. The van der Waals surface area contributed by atoms with E-state index in [4.69, 9.17) is 4.74 Å². The molecular formula is C10H9F4NO. The summed E-state index contributed by atoms with van der Waals surface area (Å²) in [5.41, 5.74) is 0. The summed E-state index contributed by atoms with van der Waals surface area (Å²) in [6, 6.07) is 0. The fraction of sp³-hybridized carbons (Fsp3) is 0.500. The zero-order valence-electron chi connectivity index (χ0n) is 8.27. The van der Waals surface area contributed by atoms with E-state index in [1.807, 2.05) is 0 Å². The maximum atomic E-state index is 13.1. The van der Waals surface area contributed by atoms with Crippen molar-refractivity contribution in [2.24, 2.45) is 0 Å². The van der Waals surface area contributed by atoms with Gasteiger partial charge in [0.2, 0.25) is 17.4 Å². The van der Waals surface area contributed by atoms with Gasteiger partial charge < -0.3 is 4.74 Å². The molecule has 1 heterocycles. The number of pyridine rings is 1. The molecule has 2 rings (SSSR count). The molecule has 1 saturated carbocycles. The third-order valence-electron chi connectivity index (χ3n) is 2.54. The Morgan fingerprint density at radius 3 is 1.94 bits per heavy atom. The van der Waals surface area contributed by atoms with Crippen molar-refractivity contribution in [3.8, 4) is 5.75 Å². The fourth-order valence-corrected chi connectivity index (χ4v) is 1.74. The quantitative estimate of drug-likeness (QED) is 0.580. The minimum Gasteiger partial charge on any atom is -0.484 e. The number of nitrogens with zero attached hydrogens (tertiary/aromatic N) is 1. The summed E-state index contributed by atoms with van der Waals surface area (Å²) >= 11 is 0. The Morgan fingerprint density at radius 1 is 0.938 bits per heavy atom. The molecule has 0 aliphatic heterocycles. The van der Waals surface area contributed by atoms with Gasteiger partial charge in [0, 0.05) is 0 Å². The molecule has 2 nitrogen and oxygen atoms in total. The van der Waals surface area contributed by atoms with Crippen LogP contribution >= 0.6 is 0 Å². The van der Waals surface area contributed by atoms with E-state index in [1.165, 1.54) is 0 Å². The number of aromatic nitrogens is 1. The summed E-state index contributed by atoms with van der Waals surface area (Å²) in [5.74, 6) is -7.53. The zero-order valence-corrected chi connectivity index (χ0v) is 8.27. The van der Waals surface area contributed by atoms with E-state index in [0.717, 1.165) is 12.8 Å². The molecule has 6 heteroatoms. The number of hydrogen-bond donors (Lipinski definition) is 0. The Bertz CT molecular complexity index is 378. The van der Waals surface area contributed by atoms with Crippen molar-refractivity contribution in [3.63, 3.8) is 0 Å². The predicted molar refractivity (Wildman–Crippen MR) is 47.0 cm³/mol. The number of rotatable bonds is 2. The Kier molecular flexibility index (Phi) is 2.98. The molecule has 0 bridgehead atoms. The van der Waals surface area contributed by atoms with Gasteiger partial charge in [0.25, 0.3) is 11.9 Å². The lowest BCUT2D eigenvalue weighted by Gasteiger charge is -2.14. The van der Waals surface area contributed by atoms with Crippen LogP contribution < -0.4 is 4.74 Å². The second-order valence-electron chi connectivity index (χ2n) is 3.67. The topological polar surface area (TPSA) is 22.1 Å². The monoisotopic (exact) mass is 235 g/mol. The third kappa shape index (κ3) is 1.96. The Labute approximate surface area is 89.2 Å². The molecule has 0 aromatic carbocycles. The van der Waals surface area contributed by atoms with Gasteiger partial charge in [0.1, 0.15) is 0 Å². The van der Waals surface area contributed by atoms with Crippen LogP contribution in [0.15, 0.2) is 0 Å². The summed E-state index contributed by atoms with van der Waals surface area (Å²) < 4.78 is 56.6. The van der Waals surface area contributed by atoms with E-state index in [-0.39, 0.29) is 6.10 Å². The summed E-state index contributed by atoms with van der Waals surface area (Å²) in [6.07, 6.45) is 2.63. The van der Waals surface area contributed by atoms with Crippen LogP contribution in [0.3, 0.4) is 0 Å². The van der Waals surface area contributed by atoms with Gasteiger partial charge in [-0.25, -0.2) is 0 Å². The zero-order chi connectivity index (χ0) is 11.7. The predicted octanol–water partition coefficient (Wildman–Crippen LogP) is 2.96. The minimum absolute atomic E-state index is 0.384. The minimum atomic E-state index is -1.69. The molecule has 0 amide bonds. The number of halogens is 4. The fourth-order valence-electron chi connectivity index (χ4n) is 1.74. The van der Waals surface area contributed by atoms with Crippen LogP contribution in [0.4, 0.5) is 17.6 Å². The van der Waals surface area contributed by atoms with Gasteiger partial charge in [0.05, 0.1) is 6.10 Å². The van der Waals surface area contributed by atoms with Crippen LogP contribution in [0.25, 0.3) is 0 Å². The second-order valence-corrected chi connectivity index (χ2v) is 3.67. The van der Waals surface area contributed by atoms with Crippen LogP contribution in [0.5, 0.6) is 5.75 Å². The first-order valence-corrected chi connectivity index (χ1v) is 4.96. The van der Waals surface area contributed by atoms with Crippen LogP contribution in [0.2, 0.25) is 0 Å². The highest BCUT2D eigenvalue weighted by atomic mass is 19.2. The smallest absolute Gasteiger partial charge is 0.255 e. The van der Waals surface area contributed by atoms with Gasteiger partial charge in [-0.3, -0.25) is 0 Å². The van der Waals surface area contributed by atoms with Gasteiger partial charge in [-0.05, 0) is 25.7 Å².